The lowest BCUT2D eigenvalue weighted by atomic mass is 9.96. The molecule has 3 aromatic rings. The molecule has 2 aromatic heterocycles. The van der Waals surface area contributed by atoms with E-state index in [4.69, 9.17) is 0 Å². The standard InChI is InChI=1S/C31H42FN5O2S/c1-21(2)40(39,33-5)30-15-27(32)6-7-28(30)37-20-26(31-22(3)16-34-17-29(31)37)14-25-8-11-35(19-25)18-24-9-12-36(13-10-24)23(4)38/h6-7,15-17,20-21,24-25H,8-14,18-19H2,1-5H3. The summed E-state index contributed by atoms with van der Waals surface area (Å²) in [7, 11) is -1.27. The van der Waals surface area contributed by atoms with E-state index in [9.17, 15) is 13.4 Å². The summed E-state index contributed by atoms with van der Waals surface area (Å²) < 4.78 is 34.8. The van der Waals surface area contributed by atoms with E-state index in [1.807, 2.05) is 35.7 Å². The molecule has 0 saturated carbocycles. The number of fused-ring (bicyclic) bond motifs is 1. The first-order valence-corrected chi connectivity index (χ1v) is 16.0. The van der Waals surface area contributed by atoms with Crippen molar-refractivity contribution in [2.75, 3.05) is 39.8 Å². The minimum atomic E-state index is -2.83. The molecule has 0 N–H and O–H groups in total. The summed E-state index contributed by atoms with van der Waals surface area (Å²) >= 11 is 0. The van der Waals surface area contributed by atoms with Gasteiger partial charge in [-0.05, 0) is 94.2 Å². The fourth-order valence-electron chi connectivity index (χ4n) is 6.63. The summed E-state index contributed by atoms with van der Waals surface area (Å²) in [6.45, 7) is 12.5. The highest BCUT2D eigenvalue weighted by molar-refractivity contribution is 7.94. The third-order valence-electron chi connectivity index (χ3n) is 8.84. The Labute approximate surface area is 237 Å². The van der Waals surface area contributed by atoms with Crippen LogP contribution in [0.1, 0.15) is 51.2 Å². The Morgan fingerprint density at radius 2 is 1.88 bits per heavy atom. The summed E-state index contributed by atoms with van der Waals surface area (Å²) in [5.74, 6) is 0.968. The van der Waals surface area contributed by atoms with Crippen LogP contribution in [-0.2, 0) is 20.9 Å². The fraction of sp³-hybridized carbons (Fsp3) is 0.548. The molecule has 0 aliphatic carbocycles. The molecule has 0 radical (unpaired) electrons. The van der Waals surface area contributed by atoms with Crippen LogP contribution in [-0.4, -0.2) is 74.5 Å². The van der Waals surface area contributed by atoms with Crippen molar-refractivity contribution in [1.82, 2.24) is 19.4 Å². The van der Waals surface area contributed by atoms with Gasteiger partial charge in [0.2, 0.25) is 5.91 Å². The molecule has 7 nitrogen and oxygen atoms in total. The topological polar surface area (TPSA) is 70.8 Å². The number of aromatic nitrogens is 2. The van der Waals surface area contributed by atoms with Crippen molar-refractivity contribution in [3.05, 3.63) is 53.7 Å². The number of carbonyl (C=O) groups is 1. The zero-order valence-electron chi connectivity index (χ0n) is 24.4. The molecule has 9 heteroatoms. The molecule has 1 amide bonds. The molecule has 216 valence electrons. The molecule has 40 heavy (non-hydrogen) atoms. The molecule has 2 atom stereocenters. The molecule has 0 spiro atoms. The van der Waals surface area contributed by atoms with E-state index in [2.05, 4.69) is 27.4 Å². The molecule has 2 saturated heterocycles. The average molecular weight is 568 g/mol. The predicted molar refractivity (Wildman–Crippen MR) is 159 cm³/mol. The van der Waals surface area contributed by atoms with Gasteiger partial charge < -0.3 is 14.4 Å². The number of aryl methyl sites for hydroxylation is 1. The van der Waals surface area contributed by atoms with E-state index in [1.165, 1.54) is 23.1 Å². The van der Waals surface area contributed by atoms with Crippen molar-refractivity contribution in [2.24, 2.45) is 16.2 Å². The van der Waals surface area contributed by atoms with E-state index in [0.717, 1.165) is 69.5 Å². The highest BCUT2D eigenvalue weighted by Gasteiger charge is 2.29. The van der Waals surface area contributed by atoms with Gasteiger partial charge in [0, 0.05) is 63.2 Å². The first-order chi connectivity index (χ1) is 19.1. The molecule has 0 bridgehead atoms. The van der Waals surface area contributed by atoms with Crippen molar-refractivity contribution < 1.29 is 13.4 Å². The molecule has 1 aromatic carbocycles. The van der Waals surface area contributed by atoms with E-state index < -0.39 is 15.5 Å². The number of pyridine rings is 1. The second kappa shape index (κ2) is 11.6. The minimum absolute atomic E-state index is 0.188. The van der Waals surface area contributed by atoms with Gasteiger partial charge in [-0.15, -0.1) is 0 Å². The van der Waals surface area contributed by atoms with E-state index in [-0.39, 0.29) is 11.2 Å². The number of amides is 1. The average Bonchev–Trinajstić information content (AvgIpc) is 3.53. The number of halogens is 1. The molecule has 2 fully saturated rings. The number of likely N-dealkylation sites (tertiary alicyclic amines) is 2. The summed E-state index contributed by atoms with van der Waals surface area (Å²) in [5.41, 5.74) is 3.99. The van der Waals surface area contributed by atoms with E-state index in [1.54, 1.807) is 20.0 Å². The highest BCUT2D eigenvalue weighted by atomic mass is 32.2. The Hall–Kier alpha value is -2.78. The van der Waals surface area contributed by atoms with Gasteiger partial charge in [-0.1, -0.05) is 0 Å². The van der Waals surface area contributed by atoms with Crippen LogP contribution < -0.4 is 0 Å². The lowest BCUT2D eigenvalue weighted by Crippen LogP contribution is -2.40. The van der Waals surface area contributed by atoms with Crippen LogP contribution in [0.4, 0.5) is 4.39 Å². The van der Waals surface area contributed by atoms with Crippen LogP contribution in [0.2, 0.25) is 0 Å². The summed E-state index contributed by atoms with van der Waals surface area (Å²) in [5, 5.41) is 0.906. The first-order valence-electron chi connectivity index (χ1n) is 14.5. The molecular weight excluding hydrogens is 525 g/mol. The number of benzene rings is 1. The van der Waals surface area contributed by atoms with Gasteiger partial charge in [-0.25, -0.2) is 13.0 Å². The van der Waals surface area contributed by atoms with E-state index in [0.29, 0.717) is 22.4 Å². The van der Waals surface area contributed by atoms with Crippen molar-refractivity contribution in [3.8, 4) is 5.69 Å². The number of nitrogens with zero attached hydrogens (tertiary/aromatic N) is 5. The largest absolute Gasteiger partial charge is 0.343 e. The van der Waals surface area contributed by atoms with Crippen LogP contribution in [0.25, 0.3) is 16.6 Å². The molecule has 4 heterocycles. The van der Waals surface area contributed by atoms with Gasteiger partial charge in [-0.2, -0.15) is 0 Å². The van der Waals surface area contributed by atoms with Crippen LogP contribution in [0.5, 0.6) is 0 Å². The minimum Gasteiger partial charge on any atom is -0.343 e. The van der Waals surface area contributed by atoms with Crippen LogP contribution in [0.3, 0.4) is 0 Å². The Morgan fingerprint density at radius 1 is 1.15 bits per heavy atom. The van der Waals surface area contributed by atoms with Gasteiger partial charge >= 0.3 is 0 Å². The quantitative estimate of drug-likeness (QED) is 0.380. The lowest BCUT2D eigenvalue weighted by Gasteiger charge is -2.33. The second-order valence-electron chi connectivity index (χ2n) is 11.9. The van der Waals surface area contributed by atoms with Crippen molar-refractivity contribution in [3.63, 3.8) is 0 Å². The Balaban J connectivity index is 1.41. The van der Waals surface area contributed by atoms with Crippen molar-refractivity contribution in [2.45, 2.75) is 63.5 Å². The van der Waals surface area contributed by atoms with Gasteiger partial charge in [0.05, 0.1) is 32.0 Å². The normalized spacial score (nSPS) is 20.4. The summed E-state index contributed by atoms with van der Waals surface area (Å²) in [6.07, 6.45) is 10.2. The maximum Gasteiger partial charge on any atom is 0.219 e. The Morgan fingerprint density at radius 3 is 2.55 bits per heavy atom. The number of carbonyl (C=O) groups excluding carboxylic acids is 1. The predicted octanol–water partition coefficient (Wildman–Crippen LogP) is 5.46. The van der Waals surface area contributed by atoms with Gasteiger partial charge in [0.15, 0.2) is 0 Å². The van der Waals surface area contributed by atoms with Crippen LogP contribution in [0, 0.1) is 24.6 Å². The fourth-order valence-corrected chi connectivity index (χ4v) is 8.51. The number of piperidine rings is 1. The summed E-state index contributed by atoms with van der Waals surface area (Å²) in [4.78, 5) is 21.2. The molecule has 2 aliphatic rings. The number of rotatable bonds is 7. The molecular formula is C31H42FN5O2S. The zero-order chi connectivity index (χ0) is 28.6. The van der Waals surface area contributed by atoms with Gasteiger partial charge in [0.1, 0.15) is 5.82 Å². The summed E-state index contributed by atoms with van der Waals surface area (Å²) in [6, 6.07) is 4.53. The van der Waals surface area contributed by atoms with Gasteiger partial charge in [-0.3, -0.25) is 9.78 Å². The van der Waals surface area contributed by atoms with Crippen molar-refractivity contribution in [1.29, 1.82) is 0 Å². The zero-order valence-corrected chi connectivity index (χ0v) is 25.2. The molecule has 5 rings (SSSR count). The number of hydrogen-bond donors (Lipinski definition) is 0. The first kappa shape index (κ1) is 28.7. The third kappa shape index (κ3) is 5.55. The highest BCUT2D eigenvalue weighted by Crippen LogP contribution is 2.35. The number of hydrogen-bond acceptors (Lipinski definition) is 5. The lowest BCUT2D eigenvalue weighted by molar-refractivity contribution is -0.130. The monoisotopic (exact) mass is 567 g/mol. The second-order valence-corrected chi connectivity index (χ2v) is 14.7. The van der Waals surface area contributed by atoms with Crippen LogP contribution in [0.15, 0.2) is 46.0 Å². The third-order valence-corrected chi connectivity index (χ3v) is 11.6. The van der Waals surface area contributed by atoms with Crippen molar-refractivity contribution >= 4 is 26.5 Å². The SMILES string of the molecule is CN=S(=O)(c1cc(F)ccc1-n1cc(CC2CCN(CC3CCN(C(C)=O)CC3)C2)c2c(C)cncc21)C(C)C. The molecule has 2 aliphatic heterocycles. The van der Waals surface area contributed by atoms with Crippen LogP contribution >= 0.6 is 0 Å². The Kier molecular flexibility index (Phi) is 8.34. The smallest absolute Gasteiger partial charge is 0.219 e. The Bertz CT molecular complexity index is 1520. The van der Waals surface area contributed by atoms with Gasteiger partial charge in [0.25, 0.3) is 0 Å². The maximum atomic E-state index is 14.5. The molecule has 2 unspecified atom stereocenters. The van der Waals surface area contributed by atoms with E-state index >= 15 is 0 Å². The maximum absolute atomic E-state index is 14.5.